The van der Waals surface area contributed by atoms with Gasteiger partial charge in [-0.15, -0.1) is 0 Å². The molecule has 0 bridgehead atoms. The van der Waals surface area contributed by atoms with Gasteiger partial charge in [-0.1, -0.05) is 29.8 Å². The molecule has 0 saturated heterocycles. The van der Waals surface area contributed by atoms with Gasteiger partial charge in [0.1, 0.15) is 0 Å². The molecule has 1 N–H and O–H groups in total. The number of aryl methyl sites for hydroxylation is 2. The Hall–Kier alpha value is -2.09. The second kappa shape index (κ2) is 5.50. The molecule has 2 nitrogen and oxygen atoms in total. The first kappa shape index (κ1) is 12.4. The average Bonchev–Trinajstić information content (AvgIpc) is 2.37. The van der Waals surface area contributed by atoms with E-state index in [0.717, 1.165) is 16.9 Å². The summed E-state index contributed by atoms with van der Waals surface area (Å²) < 4.78 is 0. The molecule has 0 aliphatic rings. The molecule has 2 heteroatoms. The number of hydrogen-bond donors (Lipinski definition) is 1. The van der Waals surface area contributed by atoms with E-state index >= 15 is 0 Å². The largest absolute Gasteiger partial charge is 0.387 e. The van der Waals surface area contributed by atoms with E-state index < -0.39 is 0 Å². The molecule has 0 unspecified atom stereocenters. The first-order valence-corrected chi connectivity index (χ1v) is 6.09. The van der Waals surface area contributed by atoms with Crippen LogP contribution >= 0.6 is 0 Å². The van der Waals surface area contributed by atoms with Gasteiger partial charge < -0.3 is 5.32 Å². The Morgan fingerprint density at radius 3 is 2.44 bits per heavy atom. The van der Waals surface area contributed by atoms with Gasteiger partial charge in [0.2, 0.25) is 0 Å². The second-order valence-electron chi connectivity index (χ2n) is 4.39. The lowest BCUT2D eigenvalue weighted by Gasteiger charge is -2.10. The SMILES string of the molecule is CNc1c(C)cc(C)cc1C=Nc1ccccc1. The summed E-state index contributed by atoms with van der Waals surface area (Å²) in [6.45, 7) is 4.21. The Morgan fingerprint density at radius 2 is 1.78 bits per heavy atom. The molecule has 0 spiro atoms. The predicted octanol–water partition coefficient (Wildman–Crippen LogP) is 4.10. The molecule has 2 rings (SSSR count). The number of nitrogens with one attached hydrogen (secondary N) is 1. The van der Waals surface area contributed by atoms with Crippen molar-refractivity contribution in [2.75, 3.05) is 12.4 Å². The lowest BCUT2D eigenvalue weighted by Crippen LogP contribution is -1.98. The molecule has 0 aliphatic carbocycles. The fourth-order valence-electron chi connectivity index (χ4n) is 2.10. The Bertz CT molecular complexity index is 557. The van der Waals surface area contributed by atoms with Gasteiger partial charge in [0.15, 0.2) is 0 Å². The molecule has 92 valence electrons. The minimum atomic E-state index is 0.971. The lowest BCUT2D eigenvalue weighted by molar-refractivity contribution is 1.34. The summed E-state index contributed by atoms with van der Waals surface area (Å²) in [5.41, 5.74) is 5.73. The zero-order chi connectivity index (χ0) is 13.0. The monoisotopic (exact) mass is 238 g/mol. The summed E-state index contributed by atoms with van der Waals surface area (Å²) in [5, 5.41) is 3.24. The fraction of sp³-hybridized carbons (Fsp3) is 0.188. The number of nitrogens with zero attached hydrogens (tertiary/aromatic N) is 1. The van der Waals surface area contributed by atoms with Crippen LogP contribution in [-0.4, -0.2) is 13.3 Å². The van der Waals surface area contributed by atoms with E-state index in [4.69, 9.17) is 0 Å². The van der Waals surface area contributed by atoms with Crippen LogP contribution in [0.25, 0.3) is 0 Å². The van der Waals surface area contributed by atoms with E-state index in [-0.39, 0.29) is 0 Å². The zero-order valence-corrected chi connectivity index (χ0v) is 11.1. The van der Waals surface area contributed by atoms with Crippen molar-refractivity contribution in [3.05, 3.63) is 59.2 Å². The maximum atomic E-state index is 4.50. The number of para-hydroxylation sites is 1. The number of rotatable bonds is 3. The predicted molar refractivity (Wildman–Crippen MR) is 79.2 cm³/mol. The molecule has 18 heavy (non-hydrogen) atoms. The van der Waals surface area contributed by atoms with Crippen molar-refractivity contribution in [2.24, 2.45) is 4.99 Å². The third-order valence-electron chi connectivity index (χ3n) is 2.87. The lowest BCUT2D eigenvalue weighted by atomic mass is 10.0. The van der Waals surface area contributed by atoms with Gasteiger partial charge in [0.25, 0.3) is 0 Å². The summed E-state index contributed by atoms with van der Waals surface area (Å²) in [7, 11) is 1.94. The molecular weight excluding hydrogens is 220 g/mol. The molecule has 0 amide bonds. The number of aliphatic imine (C=N–C) groups is 1. The first-order chi connectivity index (χ1) is 8.70. The smallest absolute Gasteiger partial charge is 0.0629 e. The van der Waals surface area contributed by atoms with Crippen LogP contribution in [0.5, 0.6) is 0 Å². The van der Waals surface area contributed by atoms with E-state index in [9.17, 15) is 0 Å². The molecule has 0 saturated carbocycles. The summed E-state index contributed by atoms with van der Waals surface area (Å²) >= 11 is 0. The minimum absolute atomic E-state index is 0.971. The highest BCUT2D eigenvalue weighted by atomic mass is 14.8. The van der Waals surface area contributed by atoms with Crippen LogP contribution in [0.3, 0.4) is 0 Å². The van der Waals surface area contributed by atoms with Crippen LogP contribution in [-0.2, 0) is 0 Å². The Kier molecular flexibility index (Phi) is 3.78. The van der Waals surface area contributed by atoms with Crippen LogP contribution in [0.4, 0.5) is 11.4 Å². The second-order valence-corrected chi connectivity index (χ2v) is 4.39. The van der Waals surface area contributed by atoms with Crippen LogP contribution in [0, 0.1) is 13.8 Å². The molecule has 0 heterocycles. The standard InChI is InChI=1S/C16H18N2/c1-12-9-13(2)16(17-3)14(10-12)11-18-15-7-5-4-6-8-15/h4-11,17H,1-3H3. The van der Waals surface area contributed by atoms with Crippen molar-refractivity contribution in [1.82, 2.24) is 0 Å². The molecule has 0 aromatic heterocycles. The maximum Gasteiger partial charge on any atom is 0.0629 e. The number of benzene rings is 2. The number of anilines is 1. The summed E-state index contributed by atoms with van der Waals surface area (Å²) in [4.78, 5) is 4.50. The minimum Gasteiger partial charge on any atom is -0.387 e. The van der Waals surface area contributed by atoms with Crippen molar-refractivity contribution in [3.63, 3.8) is 0 Å². The molecule has 0 fully saturated rings. The third-order valence-corrected chi connectivity index (χ3v) is 2.87. The van der Waals surface area contributed by atoms with Gasteiger partial charge in [0, 0.05) is 24.5 Å². The quantitative estimate of drug-likeness (QED) is 0.800. The zero-order valence-electron chi connectivity index (χ0n) is 11.1. The average molecular weight is 238 g/mol. The molecule has 0 radical (unpaired) electrons. The Morgan fingerprint density at radius 1 is 1.06 bits per heavy atom. The first-order valence-electron chi connectivity index (χ1n) is 6.09. The van der Waals surface area contributed by atoms with Gasteiger partial charge in [-0.25, -0.2) is 0 Å². The summed E-state index contributed by atoms with van der Waals surface area (Å²) in [6, 6.07) is 14.3. The molecular formula is C16H18N2. The van der Waals surface area contributed by atoms with Crippen LogP contribution in [0.15, 0.2) is 47.5 Å². The van der Waals surface area contributed by atoms with E-state index in [1.165, 1.54) is 11.1 Å². The normalized spacial score (nSPS) is 10.8. The van der Waals surface area contributed by atoms with Gasteiger partial charge in [-0.05, 0) is 37.6 Å². The van der Waals surface area contributed by atoms with Crippen molar-refractivity contribution in [2.45, 2.75) is 13.8 Å². The van der Waals surface area contributed by atoms with Crippen LogP contribution in [0.1, 0.15) is 16.7 Å². The topological polar surface area (TPSA) is 24.4 Å². The maximum absolute atomic E-state index is 4.50. The van der Waals surface area contributed by atoms with Crippen molar-refractivity contribution >= 4 is 17.6 Å². The molecule has 2 aromatic carbocycles. The third kappa shape index (κ3) is 2.77. The van der Waals surface area contributed by atoms with Gasteiger partial charge in [-0.2, -0.15) is 0 Å². The van der Waals surface area contributed by atoms with E-state index in [2.05, 4.69) is 36.3 Å². The number of hydrogen-bond acceptors (Lipinski definition) is 2. The highest BCUT2D eigenvalue weighted by Crippen LogP contribution is 2.21. The Balaban J connectivity index is 2.37. The molecule has 0 aliphatic heterocycles. The summed E-state index contributed by atoms with van der Waals surface area (Å²) in [5.74, 6) is 0. The van der Waals surface area contributed by atoms with Gasteiger partial charge in [-0.3, -0.25) is 4.99 Å². The fourth-order valence-corrected chi connectivity index (χ4v) is 2.10. The van der Waals surface area contributed by atoms with E-state index in [1.54, 1.807) is 0 Å². The van der Waals surface area contributed by atoms with Gasteiger partial charge in [0.05, 0.1) is 5.69 Å². The highest BCUT2D eigenvalue weighted by molar-refractivity contribution is 5.90. The van der Waals surface area contributed by atoms with Gasteiger partial charge >= 0.3 is 0 Å². The van der Waals surface area contributed by atoms with Crippen LogP contribution < -0.4 is 5.32 Å². The van der Waals surface area contributed by atoms with Crippen molar-refractivity contribution in [1.29, 1.82) is 0 Å². The van der Waals surface area contributed by atoms with E-state index in [1.807, 2.05) is 43.6 Å². The Labute approximate surface area is 108 Å². The summed E-state index contributed by atoms with van der Waals surface area (Å²) in [6.07, 6.45) is 1.92. The van der Waals surface area contributed by atoms with Crippen molar-refractivity contribution in [3.8, 4) is 0 Å². The van der Waals surface area contributed by atoms with Crippen molar-refractivity contribution < 1.29 is 0 Å². The molecule has 2 aromatic rings. The van der Waals surface area contributed by atoms with E-state index in [0.29, 0.717) is 0 Å². The highest BCUT2D eigenvalue weighted by Gasteiger charge is 2.03. The van der Waals surface area contributed by atoms with Crippen LogP contribution in [0.2, 0.25) is 0 Å². The molecule has 0 atom stereocenters.